The van der Waals surface area contributed by atoms with Gasteiger partial charge in [0.05, 0.1) is 5.69 Å². The maximum absolute atomic E-state index is 3.61. The molecular formula is C14H18Br3N. The molecule has 0 radical (unpaired) electrons. The minimum atomic E-state index is 0.823. The van der Waals surface area contributed by atoms with E-state index >= 15 is 0 Å². The van der Waals surface area contributed by atoms with E-state index in [2.05, 4.69) is 72.2 Å². The van der Waals surface area contributed by atoms with Gasteiger partial charge in [0.25, 0.3) is 0 Å². The fourth-order valence-electron chi connectivity index (χ4n) is 2.49. The molecule has 0 heterocycles. The second-order valence-corrected chi connectivity index (χ2v) is 7.88. The Balaban J connectivity index is 1.94. The van der Waals surface area contributed by atoms with Gasteiger partial charge in [0.15, 0.2) is 0 Å². The molecule has 1 aromatic carbocycles. The maximum Gasteiger partial charge on any atom is 0.0629 e. The Morgan fingerprint density at radius 3 is 2.17 bits per heavy atom. The first-order valence-electron chi connectivity index (χ1n) is 6.44. The largest absolute Gasteiger partial charge is 0.383 e. The summed E-state index contributed by atoms with van der Waals surface area (Å²) in [4.78, 5) is 0. The van der Waals surface area contributed by atoms with Crippen molar-refractivity contribution < 1.29 is 0 Å². The van der Waals surface area contributed by atoms with Gasteiger partial charge < -0.3 is 5.32 Å². The van der Waals surface area contributed by atoms with Gasteiger partial charge in [0.1, 0.15) is 0 Å². The zero-order valence-electron chi connectivity index (χ0n) is 10.5. The van der Waals surface area contributed by atoms with Crippen molar-refractivity contribution in [3.05, 3.63) is 25.6 Å². The lowest BCUT2D eigenvalue weighted by Gasteiger charge is -2.27. The highest BCUT2D eigenvalue weighted by atomic mass is 79.9. The van der Waals surface area contributed by atoms with Gasteiger partial charge in [-0.25, -0.2) is 0 Å². The molecule has 4 heteroatoms. The average molecular weight is 440 g/mol. The first-order valence-corrected chi connectivity index (χ1v) is 8.82. The lowest BCUT2D eigenvalue weighted by atomic mass is 9.83. The molecule has 0 atom stereocenters. The van der Waals surface area contributed by atoms with E-state index in [4.69, 9.17) is 0 Å². The van der Waals surface area contributed by atoms with Crippen LogP contribution < -0.4 is 5.32 Å². The lowest BCUT2D eigenvalue weighted by molar-refractivity contribution is 0.300. The molecule has 1 aliphatic carbocycles. The van der Waals surface area contributed by atoms with Crippen molar-refractivity contribution in [3.63, 3.8) is 0 Å². The standard InChI is InChI=1S/C14H18Br3N/c1-9-2-4-10(5-3-9)8-18-14-12(16)6-11(15)7-13(14)17/h6-7,9-10,18H,2-5,8H2,1H3. The molecule has 2 rings (SSSR count). The summed E-state index contributed by atoms with van der Waals surface area (Å²) in [6.45, 7) is 3.44. The molecule has 0 saturated heterocycles. The highest BCUT2D eigenvalue weighted by Gasteiger charge is 2.18. The molecule has 1 fully saturated rings. The van der Waals surface area contributed by atoms with Gasteiger partial charge in [-0.3, -0.25) is 0 Å². The SMILES string of the molecule is CC1CCC(CNc2c(Br)cc(Br)cc2Br)CC1. The maximum atomic E-state index is 3.61. The van der Waals surface area contributed by atoms with Gasteiger partial charge >= 0.3 is 0 Å². The van der Waals surface area contributed by atoms with Crippen LogP contribution in [0, 0.1) is 11.8 Å². The summed E-state index contributed by atoms with van der Waals surface area (Å²) in [5.41, 5.74) is 1.16. The third-order valence-corrected chi connectivity index (χ3v) is 5.42. The number of anilines is 1. The smallest absolute Gasteiger partial charge is 0.0629 e. The van der Waals surface area contributed by atoms with E-state index in [0.29, 0.717) is 0 Å². The molecule has 0 bridgehead atoms. The van der Waals surface area contributed by atoms with Crippen molar-refractivity contribution in [3.8, 4) is 0 Å². The van der Waals surface area contributed by atoms with Crippen molar-refractivity contribution in [2.45, 2.75) is 32.6 Å². The molecule has 0 unspecified atom stereocenters. The Kier molecular flexibility index (Phi) is 5.58. The molecule has 1 aromatic rings. The van der Waals surface area contributed by atoms with Crippen molar-refractivity contribution in [1.82, 2.24) is 0 Å². The van der Waals surface area contributed by atoms with Crippen LogP contribution in [0.4, 0.5) is 5.69 Å². The van der Waals surface area contributed by atoms with Gasteiger partial charge in [-0.2, -0.15) is 0 Å². The van der Waals surface area contributed by atoms with Crippen LogP contribution in [-0.2, 0) is 0 Å². The molecule has 1 aliphatic rings. The van der Waals surface area contributed by atoms with E-state index in [1.165, 1.54) is 25.7 Å². The Morgan fingerprint density at radius 1 is 1.06 bits per heavy atom. The number of hydrogen-bond acceptors (Lipinski definition) is 1. The normalized spacial score (nSPS) is 24.0. The summed E-state index contributed by atoms with van der Waals surface area (Å²) < 4.78 is 3.29. The van der Waals surface area contributed by atoms with Crippen molar-refractivity contribution in [1.29, 1.82) is 0 Å². The van der Waals surface area contributed by atoms with Gasteiger partial charge in [0, 0.05) is 20.0 Å². The molecule has 1 nitrogen and oxygen atoms in total. The van der Waals surface area contributed by atoms with E-state index in [0.717, 1.165) is 37.5 Å². The van der Waals surface area contributed by atoms with Crippen LogP contribution in [0.3, 0.4) is 0 Å². The minimum absolute atomic E-state index is 0.823. The lowest BCUT2D eigenvalue weighted by Crippen LogP contribution is -2.20. The predicted molar refractivity (Wildman–Crippen MR) is 89.2 cm³/mol. The van der Waals surface area contributed by atoms with Crippen molar-refractivity contribution in [2.24, 2.45) is 11.8 Å². The Bertz CT molecular complexity index is 388. The quantitative estimate of drug-likeness (QED) is 0.590. The highest BCUT2D eigenvalue weighted by Crippen LogP contribution is 2.35. The summed E-state index contributed by atoms with van der Waals surface area (Å²) in [6.07, 6.45) is 5.49. The second kappa shape index (κ2) is 6.76. The fourth-order valence-corrected chi connectivity index (χ4v) is 5.03. The van der Waals surface area contributed by atoms with E-state index in [1.54, 1.807) is 0 Å². The van der Waals surface area contributed by atoms with E-state index in [-0.39, 0.29) is 0 Å². The number of rotatable bonds is 3. The van der Waals surface area contributed by atoms with Gasteiger partial charge in [0.2, 0.25) is 0 Å². The van der Waals surface area contributed by atoms with Gasteiger partial charge in [-0.15, -0.1) is 0 Å². The topological polar surface area (TPSA) is 12.0 Å². The van der Waals surface area contributed by atoms with Crippen LogP contribution in [0.5, 0.6) is 0 Å². The molecule has 0 amide bonds. The van der Waals surface area contributed by atoms with Crippen LogP contribution >= 0.6 is 47.8 Å². The Morgan fingerprint density at radius 2 is 1.61 bits per heavy atom. The average Bonchev–Trinajstić information content (AvgIpc) is 2.30. The Hall–Kier alpha value is 0.460. The number of benzene rings is 1. The summed E-state index contributed by atoms with van der Waals surface area (Å²) in [5.74, 6) is 1.75. The first-order chi connectivity index (χ1) is 8.56. The zero-order valence-corrected chi connectivity index (χ0v) is 15.2. The van der Waals surface area contributed by atoms with E-state index in [9.17, 15) is 0 Å². The minimum Gasteiger partial charge on any atom is -0.383 e. The third-order valence-electron chi connectivity index (χ3n) is 3.71. The summed E-state index contributed by atoms with van der Waals surface area (Å²) in [5, 5.41) is 3.58. The molecule has 1 saturated carbocycles. The summed E-state index contributed by atoms with van der Waals surface area (Å²) in [6, 6.07) is 4.16. The van der Waals surface area contributed by atoms with Crippen LogP contribution in [0.25, 0.3) is 0 Å². The predicted octanol–water partition coefficient (Wildman–Crippen LogP) is 6.21. The van der Waals surface area contributed by atoms with Crippen molar-refractivity contribution in [2.75, 3.05) is 11.9 Å². The van der Waals surface area contributed by atoms with Crippen LogP contribution in [0.15, 0.2) is 25.6 Å². The van der Waals surface area contributed by atoms with E-state index in [1.807, 2.05) is 0 Å². The summed E-state index contributed by atoms with van der Waals surface area (Å²) >= 11 is 10.7. The zero-order chi connectivity index (χ0) is 13.1. The molecule has 100 valence electrons. The molecule has 0 spiro atoms. The summed E-state index contributed by atoms with van der Waals surface area (Å²) in [7, 11) is 0. The number of halogens is 3. The van der Waals surface area contributed by atoms with Crippen LogP contribution in [0.2, 0.25) is 0 Å². The number of hydrogen-bond donors (Lipinski definition) is 1. The number of nitrogens with one attached hydrogen (secondary N) is 1. The monoisotopic (exact) mass is 437 g/mol. The molecule has 0 aromatic heterocycles. The Labute approximate surface area is 134 Å². The fraction of sp³-hybridized carbons (Fsp3) is 0.571. The third kappa shape index (κ3) is 3.97. The van der Waals surface area contributed by atoms with E-state index < -0.39 is 0 Å². The van der Waals surface area contributed by atoms with Crippen LogP contribution in [-0.4, -0.2) is 6.54 Å². The van der Waals surface area contributed by atoms with Crippen LogP contribution in [0.1, 0.15) is 32.6 Å². The molecule has 18 heavy (non-hydrogen) atoms. The van der Waals surface area contributed by atoms with Gasteiger partial charge in [-0.1, -0.05) is 35.7 Å². The molecule has 0 aliphatic heterocycles. The molecule has 1 N–H and O–H groups in total. The van der Waals surface area contributed by atoms with Crippen molar-refractivity contribution >= 4 is 53.5 Å². The first kappa shape index (κ1) is 14.9. The highest BCUT2D eigenvalue weighted by molar-refractivity contribution is 9.11. The van der Waals surface area contributed by atoms with Gasteiger partial charge in [-0.05, 0) is 68.7 Å². The second-order valence-electron chi connectivity index (χ2n) is 5.25. The molecular weight excluding hydrogens is 422 g/mol.